The highest BCUT2D eigenvalue weighted by molar-refractivity contribution is 6.18. The number of anilines is 1. The lowest BCUT2D eigenvalue weighted by molar-refractivity contribution is 0.0666. The van der Waals surface area contributed by atoms with Gasteiger partial charge in [0, 0.05) is 25.3 Å². The van der Waals surface area contributed by atoms with Crippen LogP contribution in [0.4, 0.5) is 5.82 Å². The van der Waals surface area contributed by atoms with Gasteiger partial charge in [-0.25, -0.2) is 4.98 Å². The summed E-state index contributed by atoms with van der Waals surface area (Å²) in [5.41, 5.74) is 1.30. The Hall–Kier alpha value is -0.800. The molecule has 106 valence electrons. The van der Waals surface area contributed by atoms with Gasteiger partial charge >= 0.3 is 0 Å². The van der Waals surface area contributed by atoms with E-state index in [1.807, 2.05) is 12.3 Å². The van der Waals surface area contributed by atoms with E-state index in [1.54, 1.807) is 0 Å². The van der Waals surface area contributed by atoms with E-state index in [0.717, 1.165) is 31.9 Å². The maximum Gasteiger partial charge on any atom is 0.126 e. The molecule has 3 nitrogen and oxygen atoms in total. The summed E-state index contributed by atoms with van der Waals surface area (Å²) in [5.74, 6) is 1.48. The Bertz CT molecular complexity index is 405. The first-order valence-electron chi connectivity index (χ1n) is 6.84. The molecule has 0 spiro atoms. The summed E-state index contributed by atoms with van der Waals surface area (Å²) < 4.78 is 5.41. The number of halogens is 1. The van der Waals surface area contributed by atoms with Gasteiger partial charge < -0.3 is 10.1 Å². The average molecular weight is 283 g/mol. The molecule has 0 atom stereocenters. The smallest absolute Gasteiger partial charge is 0.126 e. The van der Waals surface area contributed by atoms with Gasteiger partial charge in [0.1, 0.15) is 5.82 Å². The summed E-state index contributed by atoms with van der Waals surface area (Å²) in [6.07, 6.45) is 3.81. The molecule has 0 amide bonds. The summed E-state index contributed by atoms with van der Waals surface area (Å²) in [6.45, 7) is 8.10. The highest BCUT2D eigenvalue weighted by Crippen LogP contribution is 2.28. The van der Waals surface area contributed by atoms with Gasteiger partial charge in [-0.1, -0.05) is 26.8 Å². The normalized spacial score (nSPS) is 19.2. The standard InChI is InChI=1S/C15H23ClN2O/c1-14(2,3)12-4-5-13(17-10-12)18-15(11-16)6-8-19-9-7-15/h4-5,10H,6-9,11H2,1-3H3,(H,17,18). The molecular weight excluding hydrogens is 260 g/mol. The molecule has 0 bridgehead atoms. The van der Waals surface area contributed by atoms with Crippen molar-refractivity contribution in [3.8, 4) is 0 Å². The molecule has 1 aliphatic rings. The molecule has 0 aliphatic carbocycles. The lowest BCUT2D eigenvalue weighted by Gasteiger charge is -2.36. The van der Waals surface area contributed by atoms with Crippen LogP contribution >= 0.6 is 11.6 Å². The molecule has 1 N–H and O–H groups in total. The first-order valence-corrected chi connectivity index (χ1v) is 7.37. The zero-order valence-corrected chi connectivity index (χ0v) is 12.8. The second kappa shape index (κ2) is 5.68. The molecule has 1 aromatic rings. The van der Waals surface area contributed by atoms with Gasteiger partial charge in [0.25, 0.3) is 0 Å². The Labute approximate surface area is 120 Å². The summed E-state index contributed by atoms with van der Waals surface area (Å²) in [6, 6.07) is 4.18. The van der Waals surface area contributed by atoms with Gasteiger partial charge in [-0.05, 0) is 29.9 Å². The minimum atomic E-state index is -0.0734. The fraction of sp³-hybridized carbons (Fsp3) is 0.667. The van der Waals surface area contributed by atoms with Gasteiger partial charge in [0.05, 0.1) is 5.54 Å². The molecular formula is C15H23ClN2O. The molecule has 1 aromatic heterocycles. The largest absolute Gasteiger partial charge is 0.381 e. The van der Waals surface area contributed by atoms with Crippen LogP contribution in [0.1, 0.15) is 39.2 Å². The highest BCUT2D eigenvalue weighted by Gasteiger charge is 2.32. The van der Waals surface area contributed by atoms with Crippen LogP contribution in [0.3, 0.4) is 0 Å². The predicted molar refractivity (Wildman–Crippen MR) is 80.1 cm³/mol. The van der Waals surface area contributed by atoms with E-state index in [0.29, 0.717) is 5.88 Å². The Balaban J connectivity index is 2.10. The van der Waals surface area contributed by atoms with Gasteiger partial charge in [0.15, 0.2) is 0 Å². The molecule has 0 unspecified atom stereocenters. The van der Waals surface area contributed by atoms with Crippen molar-refractivity contribution < 1.29 is 4.74 Å². The third-order valence-corrected chi connectivity index (χ3v) is 4.24. The SMILES string of the molecule is CC(C)(C)c1ccc(NC2(CCl)CCOCC2)nc1. The highest BCUT2D eigenvalue weighted by atomic mass is 35.5. The Morgan fingerprint density at radius 2 is 2.00 bits per heavy atom. The Morgan fingerprint density at radius 3 is 2.47 bits per heavy atom. The van der Waals surface area contributed by atoms with Crippen molar-refractivity contribution in [2.24, 2.45) is 0 Å². The van der Waals surface area contributed by atoms with Crippen LogP contribution in [-0.4, -0.2) is 29.6 Å². The molecule has 1 aliphatic heterocycles. The van der Waals surface area contributed by atoms with Gasteiger partial charge in [-0.15, -0.1) is 11.6 Å². The predicted octanol–water partition coefficient (Wildman–Crippen LogP) is 3.58. The number of nitrogens with one attached hydrogen (secondary N) is 1. The average Bonchev–Trinajstić information content (AvgIpc) is 2.39. The third kappa shape index (κ3) is 3.61. The lowest BCUT2D eigenvalue weighted by atomic mass is 9.88. The molecule has 2 heterocycles. The number of hydrogen-bond donors (Lipinski definition) is 1. The molecule has 1 fully saturated rings. The van der Waals surface area contributed by atoms with Crippen LogP contribution < -0.4 is 5.32 Å². The lowest BCUT2D eigenvalue weighted by Crippen LogP contribution is -2.45. The maximum absolute atomic E-state index is 6.15. The Morgan fingerprint density at radius 1 is 1.32 bits per heavy atom. The van der Waals surface area contributed by atoms with Crippen LogP contribution in [0.2, 0.25) is 0 Å². The van der Waals surface area contributed by atoms with E-state index >= 15 is 0 Å². The number of aromatic nitrogens is 1. The summed E-state index contributed by atoms with van der Waals surface area (Å²) in [4.78, 5) is 4.52. The quantitative estimate of drug-likeness (QED) is 0.861. The van der Waals surface area contributed by atoms with Crippen LogP contribution in [0.25, 0.3) is 0 Å². The number of nitrogens with zero attached hydrogens (tertiary/aromatic N) is 1. The maximum atomic E-state index is 6.15. The molecule has 2 rings (SSSR count). The molecule has 4 heteroatoms. The summed E-state index contributed by atoms with van der Waals surface area (Å²) >= 11 is 6.15. The zero-order valence-electron chi connectivity index (χ0n) is 12.0. The van der Waals surface area contributed by atoms with Crippen LogP contribution in [0.15, 0.2) is 18.3 Å². The van der Waals surface area contributed by atoms with E-state index in [4.69, 9.17) is 16.3 Å². The molecule has 0 saturated carbocycles. The van der Waals surface area contributed by atoms with Crippen molar-refractivity contribution >= 4 is 17.4 Å². The van der Waals surface area contributed by atoms with Crippen molar-refractivity contribution in [2.75, 3.05) is 24.4 Å². The second-order valence-corrected chi connectivity index (χ2v) is 6.60. The van der Waals surface area contributed by atoms with E-state index in [-0.39, 0.29) is 11.0 Å². The van der Waals surface area contributed by atoms with Gasteiger partial charge in [-0.2, -0.15) is 0 Å². The molecule has 0 radical (unpaired) electrons. The molecule has 0 aromatic carbocycles. The minimum absolute atomic E-state index is 0.0734. The van der Waals surface area contributed by atoms with Crippen molar-refractivity contribution in [3.05, 3.63) is 23.9 Å². The number of alkyl halides is 1. The number of pyridine rings is 1. The fourth-order valence-electron chi connectivity index (χ4n) is 2.24. The van der Waals surface area contributed by atoms with Crippen molar-refractivity contribution in [1.29, 1.82) is 0 Å². The van der Waals surface area contributed by atoms with E-state index in [1.165, 1.54) is 5.56 Å². The van der Waals surface area contributed by atoms with Crippen molar-refractivity contribution in [1.82, 2.24) is 4.98 Å². The first-order chi connectivity index (χ1) is 8.95. The molecule has 19 heavy (non-hydrogen) atoms. The number of ether oxygens (including phenoxy) is 1. The first kappa shape index (κ1) is 14.6. The zero-order chi connectivity index (χ0) is 13.9. The van der Waals surface area contributed by atoms with Crippen molar-refractivity contribution in [2.45, 2.75) is 44.6 Å². The van der Waals surface area contributed by atoms with Gasteiger partial charge in [0.2, 0.25) is 0 Å². The number of rotatable bonds is 3. The van der Waals surface area contributed by atoms with Gasteiger partial charge in [-0.3, -0.25) is 0 Å². The molecule has 1 saturated heterocycles. The number of hydrogen-bond acceptors (Lipinski definition) is 3. The fourth-order valence-corrected chi connectivity index (χ4v) is 2.57. The minimum Gasteiger partial charge on any atom is -0.381 e. The van der Waals surface area contributed by atoms with Crippen LogP contribution in [0.5, 0.6) is 0 Å². The van der Waals surface area contributed by atoms with Crippen molar-refractivity contribution in [3.63, 3.8) is 0 Å². The second-order valence-electron chi connectivity index (χ2n) is 6.33. The topological polar surface area (TPSA) is 34.1 Å². The summed E-state index contributed by atoms with van der Waals surface area (Å²) in [7, 11) is 0. The van der Waals surface area contributed by atoms with E-state index in [9.17, 15) is 0 Å². The van der Waals surface area contributed by atoms with Crippen LogP contribution in [-0.2, 0) is 10.2 Å². The third-order valence-electron chi connectivity index (χ3n) is 3.73. The van der Waals surface area contributed by atoms with Crippen LogP contribution in [0, 0.1) is 0 Å². The summed E-state index contributed by atoms with van der Waals surface area (Å²) in [5, 5.41) is 3.50. The monoisotopic (exact) mass is 282 g/mol. The Kier molecular flexibility index (Phi) is 4.36. The van der Waals surface area contributed by atoms with E-state index in [2.05, 4.69) is 37.1 Å². The van der Waals surface area contributed by atoms with E-state index < -0.39 is 0 Å².